The standard InChI is InChI=1S/C15H23NO/c17-15(11-16-6-2-1-3-7-16)10-14-9-12-4-5-13(14)8-12/h4-5,12-14H,1-3,6-11H2. The van der Waals surface area contributed by atoms with Gasteiger partial charge in [-0.3, -0.25) is 9.69 Å². The van der Waals surface area contributed by atoms with Crippen LogP contribution in [-0.2, 0) is 4.79 Å². The van der Waals surface area contributed by atoms with Gasteiger partial charge in [0.15, 0.2) is 0 Å². The number of carbonyl (C=O) groups is 1. The van der Waals surface area contributed by atoms with Gasteiger partial charge in [0.2, 0.25) is 0 Å². The molecular weight excluding hydrogens is 210 g/mol. The average molecular weight is 233 g/mol. The van der Waals surface area contributed by atoms with Crippen molar-refractivity contribution < 1.29 is 4.79 Å². The Morgan fingerprint density at radius 1 is 1.12 bits per heavy atom. The lowest BCUT2D eigenvalue weighted by atomic mass is 9.89. The largest absolute Gasteiger partial charge is 0.298 e. The Bertz CT molecular complexity index is 317. The Balaban J connectivity index is 1.45. The van der Waals surface area contributed by atoms with Crippen LogP contribution in [0.5, 0.6) is 0 Å². The summed E-state index contributed by atoms with van der Waals surface area (Å²) in [4.78, 5) is 14.4. The van der Waals surface area contributed by atoms with Crippen LogP contribution in [-0.4, -0.2) is 30.3 Å². The summed E-state index contributed by atoms with van der Waals surface area (Å²) in [6.07, 6.45) is 12.1. The van der Waals surface area contributed by atoms with Crippen LogP contribution in [0.15, 0.2) is 12.2 Å². The van der Waals surface area contributed by atoms with Crippen LogP contribution < -0.4 is 0 Å². The molecule has 94 valence electrons. The predicted molar refractivity (Wildman–Crippen MR) is 68.8 cm³/mol. The molecule has 2 aliphatic carbocycles. The molecular formula is C15H23NO. The van der Waals surface area contributed by atoms with Gasteiger partial charge < -0.3 is 0 Å². The fraction of sp³-hybridized carbons (Fsp3) is 0.800. The van der Waals surface area contributed by atoms with Gasteiger partial charge in [-0.1, -0.05) is 18.6 Å². The number of fused-ring (bicyclic) bond motifs is 2. The summed E-state index contributed by atoms with van der Waals surface area (Å²) in [7, 11) is 0. The number of allylic oxidation sites excluding steroid dienone is 2. The van der Waals surface area contributed by atoms with Crippen LogP contribution in [0.4, 0.5) is 0 Å². The highest BCUT2D eigenvalue weighted by Gasteiger charge is 2.36. The van der Waals surface area contributed by atoms with Crippen molar-refractivity contribution in [1.29, 1.82) is 0 Å². The zero-order chi connectivity index (χ0) is 11.7. The molecule has 1 heterocycles. The minimum atomic E-state index is 0.484. The minimum Gasteiger partial charge on any atom is -0.298 e. The summed E-state index contributed by atoms with van der Waals surface area (Å²) in [6.45, 7) is 3.00. The summed E-state index contributed by atoms with van der Waals surface area (Å²) < 4.78 is 0. The van der Waals surface area contributed by atoms with Gasteiger partial charge in [-0.05, 0) is 56.5 Å². The van der Waals surface area contributed by atoms with E-state index >= 15 is 0 Å². The van der Waals surface area contributed by atoms with E-state index < -0.39 is 0 Å². The number of ketones is 1. The van der Waals surface area contributed by atoms with Crippen molar-refractivity contribution in [3.05, 3.63) is 12.2 Å². The van der Waals surface area contributed by atoms with Crippen LogP contribution >= 0.6 is 0 Å². The number of likely N-dealkylation sites (tertiary alicyclic amines) is 1. The molecule has 1 saturated heterocycles. The summed E-state index contributed by atoms with van der Waals surface area (Å²) in [5.41, 5.74) is 0. The van der Waals surface area contributed by atoms with Crippen molar-refractivity contribution in [3.63, 3.8) is 0 Å². The van der Waals surface area contributed by atoms with Gasteiger partial charge in [-0.15, -0.1) is 0 Å². The van der Waals surface area contributed by atoms with E-state index in [0.29, 0.717) is 11.7 Å². The van der Waals surface area contributed by atoms with Gasteiger partial charge in [-0.25, -0.2) is 0 Å². The molecule has 2 heteroatoms. The molecule has 3 atom stereocenters. The first-order chi connectivity index (χ1) is 8.31. The van der Waals surface area contributed by atoms with Crippen LogP contribution in [0.3, 0.4) is 0 Å². The van der Waals surface area contributed by atoms with Crippen molar-refractivity contribution in [3.8, 4) is 0 Å². The maximum absolute atomic E-state index is 12.1. The first-order valence-electron chi connectivity index (χ1n) is 7.23. The van der Waals surface area contributed by atoms with Crippen molar-refractivity contribution in [2.24, 2.45) is 17.8 Å². The number of piperidine rings is 1. The first kappa shape index (κ1) is 11.5. The number of nitrogens with zero attached hydrogens (tertiary/aromatic N) is 1. The molecule has 0 spiro atoms. The zero-order valence-corrected chi connectivity index (χ0v) is 10.6. The minimum absolute atomic E-state index is 0.484. The highest BCUT2D eigenvalue weighted by Crippen LogP contribution is 2.44. The van der Waals surface area contributed by atoms with E-state index in [4.69, 9.17) is 0 Å². The van der Waals surface area contributed by atoms with E-state index in [-0.39, 0.29) is 0 Å². The first-order valence-corrected chi connectivity index (χ1v) is 7.23. The number of Topliss-reactive ketones (excluding diaryl/α,β-unsaturated/α-hetero) is 1. The Labute approximate surface area is 104 Å². The molecule has 2 nitrogen and oxygen atoms in total. The van der Waals surface area contributed by atoms with Crippen molar-refractivity contribution in [2.45, 2.75) is 38.5 Å². The summed E-state index contributed by atoms with van der Waals surface area (Å²) in [5.74, 6) is 2.68. The number of hydrogen-bond acceptors (Lipinski definition) is 2. The monoisotopic (exact) mass is 233 g/mol. The highest BCUT2D eigenvalue weighted by atomic mass is 16.1. The SMILES string of the molecule is O=C(CC1CC2C=CC1C2)CN1CCCCC1. The topological polar surface area (TPSA) is 20.3 Å². The number of rotatable bonds is 4. The van der Waals surface area contributed by atoms with E-state index in [2.05, 4.69) is 17.1 Å². The van der Waals surface area contributed by atoms with E-state index in [1.807, 2.05) is 0 Å². The van der Waals surface area contributed by atoms with Crippen LogP contribution in [0.25, 0.3) is 0 Å². The second-order valence-electron chi connectivity index (χ2n) is 6.12. The molecule has 0 N–H and O–H groups in total. The number of carbonyl (C=O) groups excluding carboxylic acids is 1. The van der Waals surface area contributed by atoms with Crippen LogP contribution in [0.1, 0.15) is 38.5 Å². The van der Waals surface area contributed by atoms with Crippen molar-refractivity contribution in [2.75, 3.05) is 19.6 Å². The number of hydrogen-bond donors (Lipinski definition) is 0. The quantitative estimate of drug-likeness (QED) is 0.696. The summed E-state index contributed by atoms with van der Waals surface area (Å²) in [5, 5.41) is 0. The smallest absolute Gasteiger partial charge is 0.147 e. The molecule has 17 heavy (non-hydrogen) atoms. The highest BCUT2D eigenvalue weighted by molar-refractivity contribution is 5.80. The van der Waals surface area contributed by atoms with Gasteiger partial charge in [0.1, 0.15) is 5.78 Å². The average Bonchev–Trinajstić information content (AvgIpc) is 2.92. The van der Waals surface area contributed by atoms with Crippen LogP contribution in [0, 0.1) is 17.8 Å². The lowest BCUT2D eigenvalue weighted by molar-refractivity contribution is -0.121. The van der Waals surface area contributed by atoms with E-state index in [1.54, 1.807) is 0 Å². The molecule has 0 amide bonds. The van der Waals surface area contributed by atoms with Crippen LogP contribution in [0.2, 0.25) is 0 Å². The van der Waals surface area contributed by atoms with E-state index in [9.17, 15) is 4.79 Å². The van der Waals surface area contributed by atoms with Crippen molar-refractivity contribution >= 4 is 5.78 Å². The second kappa shape index (κ2) is 4.93. The Morgan fingerprint density at radius 2 is 1.94 bits per heavy atom. The molecule has 1 aliphatic heterocycles. The lowest BCUT2D eigenvalue weighted by Gasteiger charge is -2.26. The Morgan fingerprint density at radius 3 is 2.59 bits per heavy atom. The lowest BCUT2D eigenvalue weighted by Crippen LogP contribution is -2.35. The second-order valence-corrected chi connectivity index (χ2v) is 6.12. The third-order valence-electron chi connectivity index (χ3n) is 4.75. The van der Waals surface area contributed by atoms with Gasteiger partial charge in [0.05, 0.1) is 6.54 Å². The van der Waals surface area contributed by atoms with Gasteiger partial charge in [-0.2, -0.15) is 0 Å². The third-order valence-corrected chi connectivity index (χ3v) is 4.75. The molecule has 0 aromatic carbocycles. The van der Waals surface area contributed by atoms with E-state index in [1.165, 1.54) is 32.1 Å². The Kier molecular flexibility index (Phi) is 3.32. The van der Waals surface area contributed by atoms with Gasteiger partial charge >= 0.3 is 0 Å². The van der Waals surface area contributed by atoms with E-state index in [0.717, 1.165) is 37.9 Å². The maximum atomic E-state index is 12.1. The molecule has 0 aromatic heterocycles. The summed E-state index contributed by atoms with van der Waals surface area (Å²) in [6, 6.07) is 0. The fourth-order valence-electron chi connectivity index (χ4n) is 3.85. The fourth-order valence-corrected chi connectivity index (χ4v) is 3.85. The predicted octanol–water partition coefficient (Wildman–Crippen LogP) is 2.64. The third kappa shape index (κ3) is 2.62. The molecule has 3 rings (SSSR count). The van der Waals surface area contributed by atoms with Crippen molar-refractivity contribution in [1.82, 2.24) is 4.90 Å². The zero-order valence-electron chi connectivity index (χ0n) is 10.6. The molecule has 0 radical (unpaired) electrons. The molecule has 3 unspecified atom stereocenters. The molecule has 2 bridgehead atoms. The molecule has 0 aromatic rings. The maximum Gasteiger partial charge on any atom is 0.147 e. The van der Waals surface area contributed by atoms with Gasteiger partial charge in [0.25, 0.3) is 0 Å². The molecule has 1 saturated carbocycles. The normalized spacial score (nSPS) is 36.6. The molecule has 3 aliphatic rings. The van der Waals surface area contributed by atoms with Gasteiger partial charge in [0, 0.05) is 6.42 Å². The molecule has 2 fully saturated rings. The Hall–Kier alpha value is -0.630. The summed E-state index contributed by atoms with van der Waals surface area (Å²) >= 11 is 0.